The minimum Gasteiger partial charge on any atom is -0.491 e. The van der Waals surface area contributed by atoms with Gasteiger partial charge in [-0.1, -0.05) is 37.1 Å². The molecule has 3 N–H and O–H groups in total. The van der Waals surface area contributed by atoms with Crippen LogP contribution in [0.25, 0.3) is 0 Å². The molecular formula is C32H38F3N3O8. The van der Waals surface area contributed by atoms with E-state index in [0.717, 1.165) is 37.6 Å². The number of allylic oxidation sites excluding steroid dienone is 2. The number of hydrogen-bond donors (Lipinski definition) is 3. The number of nitro groups is 1. The van der Waals surface area contributed by atoms with Gasteiger partial charge in [-0.05, 0) is 56.5 Å². The molecule has 0 aliphatic carbocycles. The molecule has 3 rings (SSSR count). The number of nitrogens with one attached hydrogen (secondary N) is 2. The van der Waals surface area contributed by atoms with Gasteiger partial charge in [0.2, 0.25) is 0 Å². The predicted molar refractivity (Wildman–Crippen MR) is 162 cm³/mol. The van der Waals surface area contributed by atoms with E-state index >= 15 is 0 Å². The Morgan fingerprint density at radius 1 is 1.04 bits per heavy atom. The molecule has 1 aliphatic heterocycles. The van der Waals surface area contributed by atoms with Crippen LogP contribution in [0.2, 0.25) is 0 Å². The highest BCUT2D eigenvalue weighted by molar-refractivity contribution is 6.00. The van der Waals surface area contributed by atoms with Crippen molar-refractivity contribution in [1.29, 1.82) is 0 Å². The van der Waals surface area contributed by atoms with Crippen LogP contribution in [0, 0.1) is 17.0 Å². The Labute approximate surface area is 264 Å². The normalized spacial score (nSPS) is 15.7. The molecule has 2 unspecified atom stereocenters. The first kappa shape index (κ1) is 36.0. The summed E-state index contributed by atoms with van der Waals surface area (Å²) in [4.78, 5) is 36.6. The molecule has 0 bridgehead atoms. The van der Waals surface area contributed by atoms with Crippen molar-refractivity contribution in [1.82, 2.24) is 10.6 Å². The van der Waals surface area contributed by atoms with Crippen LogP contribution < -0.4 is 15.4 Å². The fourth-order valence-electron chi connectivity index (χ4n) is 4.98. The SMILES string of the molecule is COC(=O)C1=C(C(F)(F)F)NC(C)=C(C(=O)OCCCCCCNCC(O)COc2cccc(C)c2)C1c1cccc([N+](=O)[O-])c1. The Hall–Kier alpha value is -4.43. The molecule has 0 radical (unpaired) electrons. The van der Waals surface area contributed by atoms with Gasteiger partial charge < -0.3 is 30.0 Å². The number of non-ortho nitro benzene ring substituents is 1. The number of aryl methyl sites for hydroxylation is 1. The zero-order valence-corrected chi connectivity index (χ0v) is 25.8. The highest BCUT2D eigenvalue weighted by atomic mass is 19.4. The highest BCUT2D eigenvalue weighted by Gasteiger charge is 2.47. The number of aliphatic hydroxyl groups excluding tert-OH is 1. The quantitative estimate of drug-likeness (QED) is 0.0983. The number of unbranched alkanes of at least 4 members (excludes halogenated alkanes) is 3. The lowest BCUT2D eigenvalue weighted by Crippen LogP contribution is -2.38. The van der Waals surface area contributed by atoms with E-state index in [9.17, 15) is 38.0 Å². The summed E-state index contributed by atoms with van der Waals surface area (Å²) < 4.78 is 57.7. The Morgan fingerprint density at radius 2 is 1.76 bits per heavy atom. The zero-order valence-electron chi connectivity index (χ0n) is 25.8. The Kier molecular flexibility index (Phi) is 13.1. The molecule has 0 saturated heterocycles. The maximum atomic E-state index is 14.0. The number of nitro benzene ring substituents is 1. The number of carbonyl (C=O) groups excluding carboxylic acids is 2. The maximum absolute atomic E-state index is 14.0. The molecule has 2 aromatic rings. The van der Waals surface area contributed by atoms with Crippen molar-refractivity contribution in [3.8, 4) is 5.75 Å². The Morgan fingerprint density at radius 3 is 2.43 bits per heavy atom. The lowest BCUT2D eigenvalue weighted by molar-refractivity contribution is -0.384. The minimum atomic E-state index is -5.03. The first-order valence-electron chi connectivity index (χ1n) is 14.7. The molecule has 46 heavy (non-hydrogen) atoms. The second kappa shape index (κ2) is 16.8. The van der Waals surface area contributed by atoms with Gasteiger partial charge in [0.15, 0.2) is 0 Å². The van der Waals surface area contributed by atoms with Crippen LogP contribution in [0.1, 0.15) is 49.7 Å². The number of ether oxygens (including phenoxy) is 3. The smallest absolute Gasteiger partial charge is 0.431 e. The number of hydrogen-bond acceptors (Lipinski definition) is 10. The van der Waals surface area contributed by atoms with Crippen molar-refractivity contribution >= 4 is 17.6 Å². The van der Waals surface area contributed by atoms with Gasteiger partial charge in [0.25, 0.3) is 5.69 Å². The summed E-state index contributed by atoms with van der Waals surface area (Å²) in [5, 5.41) is 26.8. The van der Waals surface area contributed by atoms with Crippen molar-refractivity contribution in [2.24, 2.45) is 0 Å². The summed E-state index contributed by atoms with van der Waals surface area (Å²) in [6.45, 7) is 4.31. The van der Waals surface area contributed by atoms with E-state index < -0.39 is 52.0 Å². The van der Waals surface area contributed by atoms with Crippen LogP contribution in [0.4, 0.5) is 18.9 Å². The lowest BCUT2D eigenvalue weighted by Gasteiger charge is -2.31. The number of halogens is 3. The third-order valence-electron chi connectivity index (χ3n) is 7.18. The largest absolute Gasteiger partial charge is 0.491 e. The minimum absolute atomic E-state index is 0.0386. The van der Waals surface area contributed by atoms with Gasteiger partial charge in [0, 0.05) is 24.4 Å². The molecule has 250 valence electrons. The Bertz CT molecular complexity index is 1460. The second-order valence-corrected chi connectivity index (χ2v) is 10.8. The summed E-state index contributed by atoms with van der Waals surface area (Å²) in [7, 11) is 0.899. The van der Waals surface area contributed by atoms with Crippen molar-refractivity contribution < 1.29 is 47.0 Å². The number of alkyl halides is 3. The van der Waals surface area contributed by atoms with Crippen LogP contribution in [-0.4, -0.2) is 67.7 Å². The molecule has 0 spiro atoms. The van der Waals surface area contributed by atoms with Crippen LogP contribution in [0.5, 0.6) is 5.75 Å². The Balaban J connectivity index is 1.54. The van der Waals surface area contributed by atoms with E-state index in [1.54, 1.807) is 0 Å². The third kappa shape index (κ3) is 10.0. The maximum Gasteiger partial charge on any atom is 0.431 e. The number of methoxy groups -OCH3 is 1. The van der Waals surface area contributed by atoms with Crippen LogP contribution in [0.15, 0.2) is 71.1 Å². The monoisotopic (exact) mass is 649 g/mol. The topological polar surface area (TPSA) is 149 Å². The molecular weight excluding hydrogens is 611 g/mol. The lowest BCUT2D eigenvalue weighted by atomic mass is 9.80. The highest BCUT2D eigenvalue weighted by Crippen LogP contribution is 2.44. The third-order valence-corrected chi connectivity index (χ3v) is 7.18. The van der Waals surface area contributed by atoms with Crippen molar-refractivity contribution in [3.63, 3.8) is 0 Å². The van der Waals surface area contributed by atoms with Gasteiger partial charge >= 0.3 is 18.1 Å². The van der Waals surface area contributed by atoms with Crippen molar-refractivity contribution in [3.05, 3.63) is 92.3 Å². The molecule has 1 heterocycles. The molecule has 11 nitrogen and oxygen atoms in total. The first-order valence-corrected chi connectivity index (χ1v) is 14.7. The van der Waals surface area contributed by atoms with Crippen molar-refractivity contribution in [2.45, 2.75) is 57.7 Å². The van der Waals surface area contributed by atoms with Gasteiger partial charge in [0.05, 0.1) is 35.7 Å². The molecule has 1 aliphatic rings. The summed E-state index contributed by atoms with van der Waals surface area (Å²) in [5.74, 6) is -3.26. The van der Waals surface area contributed by atoms with E-state index in [2.05, 4.69) is 15.4 Å². The van der Waals surface area contributed by atoms with Gasteiger partial charge in [-0.15, -0.1) is 0 Å². The van der Waals surface area contributed by atoms with Crippen LogP contribution >= 0.6 is 0 Å². The van der Waals surface area contributed by atoms with Gasteiger partial charge in [-0.2, -0.15) is 13.2 Å². The number of aliphatic hydroxyl groups is 1. The number of nitrogens with zero attached hydrogens (tertiary/aromatic N) is 1. The summed E-state index contributed by atoms with van der Waals surface area (Å²) in [6, 6.07) is 12.2. The number of rotatable bonds is 16. The number of esters is 2. The average molecular weight is 650 g/mol. The molecule has 2 atom stereocenters. The standard InChI is InChI=1S/C32H38F3N3O8/c1-20-10-8-13-25(16-20)46-19-24(39)18-36-14-6-4-5-7-15-45-31(41)26-21(2)37-29(32(33,34)35)28(30(40)44-3)27(26)22-11-9-12-23(17-22)38(42)43/h8-13,16-17,24,27,36-37,39H,4-7,14-15,18-19H2,1-3H3. The summed E-state index contributed by atoms with van der Waals surface area (Å²) >= 11 is 0. The molecule has 2 aromatic carbocycles. The van der Waals surface area contributed by atoms with E-state index in [0.29, 0.717) is 31.7 Å². The molecule has 0 amide bonds. The van der Waals surface area contributed by atoms with Crippen LogP contribution in [-0.2, 0) is 19.1 Å². The van der Waals surface area contributed by atoms with E-state index in [1.807, 2.05) is 31.2 Å². The summed E-state index contributed by atoms with van der Waals surface area (Å²) in [5.41, 5.74) is -2.28. The molecule has 14 heteroatoms. The van der Waals surface area contributed by atoms with Gasteiger partial charge in [-0.3, -0.25) is 10.1 Å². The predicted octanol–water partition coefficient (Wildman–Crippen LogP) is 4.99. The fraction of sp³-hybridized carbons (Fsp3) is 0.438. The fourth-order valence-corrected chi connectivity index (χ4v) is 4.98. The van der Waals surface area contributed by atoms with E-state index in [-0.39, 0.29) is 30.0 Å². The van der Waals surface area contributed by atoms with Crippen LogP contribution in [0.3, 0.4) is 0 Å². The van der Waals surface area contributed by atoms with E-state index in [4.69, 9.17) is 9.47 Å². The van der Waals surface area contributed by atoms with Gasteiger partial charge in [-0.25, -0.2) is 9.59 Å². The molecule has 0 aromatic heterocycles. The first-order chi connectivity index (χ1) is 21.8. The van der Waals surface area contributed by atoms with E-state index in [1.165, 1.54) is 19.1 Å². The van der Waals surface area contributed by atoms with Crippen molar-refractivity contribution in [2.75, 3.05) is 33.4 Å². The zero-order chi connectivity index (χ0) is 33.9. The number of dihydropyridines is 1. The van der Waals surface area contributed by atoms with Gasteiger partial charge in [0.1, 0.15) is 24.2 Å². The summed E-state index contributed by atoms with van der Waals surface area (Å²) in [6.07, 6.45) is -2.99. The molecule has 0 fully saturated rings. The number of carbonyl (C=O) groups is 2. The average Bonchev–Trinajstić information content (AvgIpc) is 3.01. The second-order valence-electron chi connectivity index (χ2n) is 10.8. The molecule has 0 saturated carbocycles. The number of benzene rings is 2.